The van der Waals surface area contributed by atoms with Crippen molar-refractivity contribution in [2.75, 3.05) is 31.1 Å². The van der Waals surface area contributed by atoms with Gasteiger partial charge in [0.05, 0.1) is 0 Å². The van der Waals surface area contributed by atoms with E-state index in [0.717, 1.165) is 32.5 Å². The van der Waals surface area contributed by atoms with Gasteiger partial charge in [-0.05, 0) is 37.8 Å². The number of benzene rings is 1. The molecule has 0 unspecified atom stereocenters. The van der Waals surface area contributed by atoms with Crippen molar-refractivity contribution in [3.63, 3.8) is 0 Å². The summed E-state index contributed by atoms with van der Waals surface area (Å²) < 4.78 is 0. The Kier molecular flexibility index (Phi) is 6.07. The Labute approximate surface area is 129 Å². The van der Waals surface area contributed by atoms with E-state index in [9.17, 15) is 5.11 Å². The summed E-state index contributed by atoms with van der Waals surface area (Å²) in [7, 11) is 0. The first-order valence-corrected chi connectivity index (χ1v) is 8.37. The Morgan fingerprint density at radius 2 is 1.76 bits per heavy atom. The van der Waals surface area contributed by atoms with Gasteiger partial charge in [-0.25, -0.2) is 0 Å². The standard InChI is InChI=1S/C18H30N2O/c1-3-18(4-2,15-21)14-19-16-10-12-20(13-11-16)17-8-6-5-7-9-17/h5-9,16,19,21H,3-4,10-15H2,1-2H3. The minimum atomic E-state index is 0.0660. The zero-order valence-corrected chi connectivity index (χ0v) is 13.5. The molecule has 3 heteroatoms. The lowest BCUT2D eigenvalue weighted by molar-refractivity contribution is 0.108. The first-order chi connectivity index (χ1) is 10.2. The molecular formula is C18H30N2O. The number of hydrogen-bond acceptors (Lipinski definition) is 3. The first-order valence-electron chi connectivity index (χ1n) is 8.37. The van der Waals surface area contributed by atoms with E-state index in [2.05, 4.69) is 54.4 Å². The number of para-hydroxylation sites is 1. The topological polar surface area (TPSA) is 35.5 Å². The Bertz CT molecular complexity index is 387. The molecule has 1 fully saturated rings. The van der Waals surface area contributed by atoms with Crippen LogP contribution in [0, 0.1) is 5.41 Å². The number of aliphatic hydroxyl groups is 1. The highest BCUT2D eigenvalue weighted by Crippen LogP contribution is 2.26. The van der Waals surface area contributed by atoms with Crippen LogP contribution in [0.1, 0.15) is 39.5 Å². The molecule has 2 rings (SSSR count). The quantitative estimate of drug-likeness (QED) is 0.810. The monoisotopic (exact) mass is 290 g/mol. The number of nitrogens with one attached hydrogen (secondary N) is 1. The minimum Gasteiger partial charge on any atom is -0.396 e. The molecule has 0 radical (unpaired) electrons. The van der Waals surface area contributed by atoms with Gasteiger partial charge < -0.3 is 15.3 Å². The molecule has 1 aliphatic heterocycles. The third-order valence-electron chi connectivity index (χ3n) is 5.22. The van der Waals surface area contributed by atoms with Crippen LogP contribution in [-0.2, 0) is 0 Å². The third-order valence-corrected chi connectivity index (χ3v) is 5.22. The number of anilines is 1. The molecule has 0 atom stereocenters. The van der Waals surface area contributed by atoms with Gasteiger partial charge in [-0.3, -0.25) is 0 Å². The van der Waals surface area contributed by atoms with Crippen molar-refractivity contribution in [2.24, 2.45) is 5.41 Å². The van der Waals surface area contributed by atoms with Crippen LogP contribution in [0.4, 0.5) is 5.69 Å². The van der Waals surface area contributed by atoms with Gasteiger partial charge in [0.2, 0.25) is 0 Å². The lowest BCUT2D eigenvalue weighted by atomic mass is 9.83. The van der Waals surface area contributed by atoms with E-state index >= 15 is 0 Å². The molecule has 0 amide bonds. The highest BCUT2D eigenvalue weighted by molar-refractivity contribution is 5.46. The summed E-state index contributed by atoms with van der Waals surface area (Å²) in [5.41, 5.74) is 1.40. The Morgan fingerprint density at radius 1 is 1.14 bits per heavy atom. The average Bonchev–Trinajstić information content (AvgIpc) is 2.58. The lowest BCUT2D eigenvalue weighted by Crippen LogP contribution is -2.47. The fourth-order valence-electron chi connectivity index (χ4n) is 3.12. The lowest BCUT2D eigenvalue weighted by Gasteiger charge is -2.37. The van der Waals surface area contributed by atoms with E-state index < -0.39 is 0 Å². The van der Waals surface area contributed by atoms with Gasteiger partial charge in [0.25, 0.3) is 0 Å². The molecule has 1 saturated heterocycles. The molecule has 0 aliphatic carbocycles. The van der Waals surface area contributed by atoms with Gasteiger partial charge in [-0.2, -0.15) is 0 Å². The molecule has 0 spiro atoms. The number of hydrogen-bond donors (Lipinski definition) is 2. The van der Waals surface area contributed by atoms with Gasteiger partial charge >= 0.3 is 0 Å². The normalized spacial score (nSPS) is 17.2. The van der Waals surface area contributed by atoms with Crippen molar-refractivity contribution in [1.82, 2.24) is 5.32 Å². The van der Waals surface area contributed by atoms with Crippen molar-refractivity contribution in [3.05, 3.63) is 30.3 Å². The van der Waals surface area contributed by atoms with E-state index in [1.807, 2.05) is 0 Å². The number of aliphatic hydroxyl groups excluding tert-OH is 1. The molecule has 3 nitrogen and oxygen atoms in total. The predicted molar refractivity (Wildman–Crippen MR) is 89.8 cm³/mol. The number of rotatable bonds is 7. The molecule has 0 saturated carbocycles. The van der Waals surface area contributed by atoms with Crippen LogP contribution in [0.15, 0.2) is 30.3 Å². The summed E-state index contributed by atoms with van der Waals surface area (Å²) in [6.07, 6.45) is 4.44. The molecule has 0 bridgehead atoms. The van der Waals surface area contributed by atoms with Crippen LogP contribution < -0.4 is 10.2 Å². The first kappa shape index (κ1) is 16.3. The Hall–Kier alpha value is -1.06. The second-order valence-electron chi connectivity index (χ2n) is 6.34. The van der Waals surface area contributed by atoms with E-state index in [1.165, 1.54) is 18.5 Å². The van der Waals surface area contributed by atoms with E-state index in [-0.39, 0.29) is 12.0 Å². The fraction of sp³-hybridized carbons (Fsp3) is 0.667. The zero-order valence-electron chi connectivity index (χ0n) is 13.5. The van der Waals surface area contributed by atoms with Crippen LogP contribution in [0.25, 0.3) is 0 Å². The second kappa shape index (κ2) is 7.81. The zero-order chi connectivity index (χ0) is 15.1. The van der Waals surface area contributed by atoms with Crippen LogP contribution in [0.2, 0.25) is 0 Å². The molecule has 21 heavy (non-hydrogen) atoms. The summed E-state index contributed by atoms with van der Waals surface area (Å²) in [4.78, 5) is 2.47. The Balaban J connectivity index is 1.79. The molecule has 1 aromatic carbocycles. The Morgan fingerprint density at radius 3 is 2.29 bits per heavy atom. The van der Waals surface area contributed by atoms with Crippen molar-refractivity contribution in [2.45, 2.75) is 45.6 Å². The fourth-order valence-corrected chi connectivity index (χ4v) is 3.12. The SMILES string of the molecule is CCC(CC)(CO)CNC1CCN(c2ccccc2)CC1. The maximum atomic E-state index is 9.65. The summed E-state index contributed by atoms with van der Waals surface area (Å²) in [6, 6.07) is 11.3. The average molecular weight is 290 g/mol. The third kappa shape index (κ3) is 4.21. The summed E-state index contributed by atoms with van der Waals surface area (Å²) >= 11 is 0. The van der Waals surface area contributed by atoms with E-state index in [4.69, 9.17) is 0 Å². The minimum absolute atomic E-state index is 0.0660. The van der Waals surface area contributed by atoms with Gasteiger partial charge in [-0.1, -0.05) is 32.0 Å². The van der Waals surface area contributed by atoms with E-state index in [1.54, 1.807) is 0 Å². The van der Waals surface area contributed by atoms with Gasteiger partial charge in [0, 0.05) is 43.4 Å². The summed E-state index contributed by atoms with van der Waals surface area (Å²) in [6.45, 7) is 7.82. The number of piperidine rings is 1. The van der Waals surface area contributed by atoms with Gasteiger partial charge in [0.1, 0.15) is 0 Å². The van der Waals surface area contributed by atoms with Crippen LogP contribution in [0.3, 0.4) is 0 Å². The highest BCUT2D eigenvalue weighted by atomic mass is 16.3. The maximum Gasteiger partial charge on any atom is 0.0499 e. The molecule has 2 N–H and O–H groups in total. The molecule has 0 aromatic heterocycles. The number of nitrogens with zero attached hydrogens (tertiary/aromatic N) is 1. The largest absolute Gasteiger partial charge is 0.396 e. The van der Waals surface area contributed by atoms with Gasteiger partial charge in [-0.15, -0.1) is 0 Å². The summed E-state index contributed by atoms with van der Waals surface area (Å²) in [5.74, 6) is 0. The summed E-state index contributed by atoms with van der Waals surface area (Å²) in [5, 5.41) is 13.3. The molecule has 1 aliphatic rings. The van der Waals surface area contributed by atoms with Crippen molar-refractivity contribution in [1.29, 1.82) is 0 Å². The van der Waals surface area contributed by atoms with Crippen LogP contribution in [-0.4, -0.2) is 37.4 Å². The molecule has 1 aromatic rings. The highest BCUT2D eigenvalue weighted by Gasteiger charge is 2.27. The second-order valence-corrected chi connectivity index (χ2v) is 6.34. The predicted octanol–water partition coefficient (Wildman–Crippen LogP) is 3.04. The van der Waals surface area contributed by atoms with Crippen molar-refractivity contribution >= 4 is 5.69 Å². The van der Waals surface area contributed by atoms with Crippen molar-refractivity contribution < 1.29 is 5.11 Å². The van der Waals surface area contributed by atoms with Crippen LogP contribution >= 0.6 is 0 Å². The molecular weight excluding hydrogens is 260 g/mol. The van der Waals surface area contributed by atoms with E-state index in [0.29, 0.717) is 6.04 Å². The van der Waals surface area contributed by atoms with Crippen molar-refractivity contribution in [3.8, 4) is 0 Å². The van der Waals surface area contributed by atoms with Gasteiger partial charge in [0.15, 0.2) is 0 Å². The van der Waals surface area contributed by atoms with Crippen LogP contribution in [0.5, 0.6) is 0 Å². The smallest absolute Gasteiger partial charge is 0.0499 e. The molecule has 1 heterocycles. The maximum absolute atomic E-state index is 9.65. The molecule has 118 valence electrons.